The minimum atomic E-state index is 0.0195. The molecule has 0 saturated carbocycles. The van der Waals surface area contributed by atoms with Crippen molar-refractivity contribution in [2.75, 3.05) is 44.2 Å². The monoisotopic (exact) mass is 337 g/mol. The first-order chi connectivity index (χ1) is 12.1. The van der Waals surface area contributed by atoms with E-state index in [0.29, 0.717) is 6.54 Å². The second-order valence-electron chi connectivity index (χ2n) is 6.72. The summed E-state index contributed by atoms with van der Waals surface area (Å²) in [6.45, 7) is 9.84. The van der Waals surface area contributed by atoms with Crippen molar-refractivity contribution in [3.8, 4) is 0 Å². The summed E-state index contributed by atoms with van der Waals surface area (Å²) in [5.74, 6) is 0.0195. The molecule has 1 fully saturated rings. The number of hydrogen-bond acceptors (Lipinski definition) is 3. The highest BCUT2D eigenvalue weighted by atomic mass is 16.1. The smallest absolute Gasteiger partial charge is 0.251 e. The van der Waals surface area contributed by atoms with Gasteiger partial charge in [-0.1, -0.05) is 24.3 Å². The molecule has 1 N–H and O–H groups in total. The van der Waals surface area contributed by atoms with Crippen molar-refractivity contribution in [2.24, 2.45) is 0 Å². The Morgan fingerprint density at radius 3 is 2.36 bits per heavy atom. The molecule has 1 amide bonds. The van der Waals surface area contributed by atoms with Crippen LogP contribution in [0.3, 0.4) is 0 Å². The summed E-state index contributed by atoms with van der Waals surface area (Å²) in [6, 6.07) is 16.4. The van der Waals surface area contributed by atoms with Crippen LogP contribution < -0.4 is 10.2 Å². The number of nitrogens with zero attached hydrogens (tertiary/aromatic N) is 2. The number of carbonyl (C=O) groups is 1. The van der Waals surface area contributed by atoms with Crippen LogP contribution in [0.15, 0.2) is 48.5 Å². The number of amides is 1. The van der Waals surface area contributed by atoms with Crippen molar-refractivity contribution in [3.05, 3.63) is 65.2 Å². The zero-order valence-corrected chi connectivity index (χ0v) is 15.2. The van der Waals surface area contributed by atoms with Gasteiger partial charge in [-0.2, -0.15) is 0 Å². The highest BCUT2D eigenvalue weighted by Gasteiger charge is 2.17. The fraction of sp³-hybridized carbons (Fsp3) is 0.381. The van der Waals surface area contributed by atoms with Gasteiger partial charge < -0.3 is 10.2 Å². The lowest BCUT2D eigenvalue weighted by Crippen LogP contribution is -2.48. The van der Waals surface area contributed by atoms with Gasteiger partial charge in [0.1, 0.15) is 0 Å². The molecule has 1 heterocycles. The maximum atomic E-state index is 12.2. The van der Waals surface area contributed by atoms with Crippen molar-refractivity contribution in [1.29, 1.82) is 0 Å². The molecule has 4 heteroatoms. The van der Waals surface area contributed by atoms with E-state index in [1.165, 1.54) is 11.3 Å². The Morgan fingerprint density at radius 2 is 1.68 bits per heavy atom. The molecular weight excluding hydrogens is 310 g/mol. The molecule has 1 aliphatic rings. The van der Waals surface area contributed by atoms with Gasteiger partial charge in [-0.15, -0.1) is 0 Å². The van der Waals surface area contributed by atoms with E-state index in [9.17, 15) is 4.79 Å². The zero-order valence-electron chi connectivity index (χ0n) is 15.2. The van der Waals surface area contributed by atoms with Gasteiger partial charge in [-0.25, -0.2) is 0 Å². The first-order valence-corrected chi connectivity index (χ1v) is 9.01. The lowest BCUT2D eigenvalue weighted by Gasteiger charge is -2.36. The van der Waals surface area contributed by atoms with E-state index >= 15 is 0 Å². The quantitative estimate of drug-likeness (QED) is 0.911. The molecule has 0 aliphatic carbocycles. The van der Waals surface area contributed by atoms with Crippen LogP contribution in [0.1, 0.15) is 21.5 Å². The molecule has 2 aromatic carbocycles. The number of anilines is 1. The highest BCUT2D eigenvalue weighted by molar-refractivity contribution is 5.94. The summed E-state index contributed by atoms with van der Waals surface area (Å²) >= 11 is 0. The molecule has 4 nitrogen and oxygen atoms in total. The number of nitrogens with one attached hydrogen (secondary N) is 1. The van der Waals surface area contributed by atoms with E-state index in [4.69, 9.17) is 0 Å². The van der Waals surface area contributed by atoms with Crippen LogP contribution in [0.25, 0.3) is 0 Å². The number of piperazine rings is 1. The van der Waals surface area contributed by atoms with Gasteiger partial charge in [-0.05, 0) is 49.2 Å². The van der Waals surface area contributed by atoms with Gasteiger partial charge in [0.2, 0.25) is 0 Å². The predicted octanol–water partition coefficient (Wildman–Crippen LogP) is 2.86. The lowest BCUT2D eigenvalue weighted by atomic mass is 10.1. The Kier molecular flexibility index (Phi) is 5.71. The first kappa shape index (κ1) is 17.5. The fourth-order valence-corrected chi connectivity index (χ4v) is 3.18. The zero-order chi connectivity index (χ0) is 17.6. The topological polar surface area (TPSA) is 35.6 Å². The van der Waals surface area contributed by atoms with E-state index in [1.54, 1.807) is 0 Å². The maximum Gasteiger partial charge on any atom is 0.251 e. The van der Waals surface area contributed by atoms with Crippen molar-refractivity contribution < 1.29 is 4.79 Å². The molecular formula is C21H27N3O. The van der Waals surface area contributed by atoms with Crippen molar-refractivity contribution in [1.82, 2.24) is 10.2 Å². The van der Waals surface area contributed by atoms with Crippen molar-refractivity contribution in [3.63, 3.8) is 0 Å². The Balaban J connectivity index is 1.41. The predicted molar refractivity (Wildman–Crippen MR) is 103 cm³/mol. The molecule has 0 aromatic heterocycles. The molecule has 1 aliphatic heterocycles. The molecule has 25 heavy (non-hydrogen) atoms. The number of rotatable bonds is 5. The van der Waals surface area contributed by atoms with E-state index in [2.05, 4.69) is 52.4 Å². The van der Waals surface area contributed by atoms with Crippen LogP contribution in [-0.2, 0) is 0 Å². The number of para-hydroxylation sites is 1. The largest absolute Gasteiger partial charge is 0.369 e. The molecule has 0 radical (unpaired) electrons. The Labute approximate surface area is 150 Å². The van der Waals surface area contributed by atoms with E-state index < -0.39 is 0 Å². The van der Waals surface area contributed by atoms with Gasteiger partial charge in [-0.3, -0.25) is 9.69 Å². The number of hydrogen-bond donors (Lipinski definition) is 1. The summed E-state index contributed by atoms with van der Waals surface area (Å²) in [4.78, 5) is 17.1. The van der Waals surface area contributed by atoms with E-state index in [1.807, 2.05) is 25.1 Å². The lowest BCUT2D eigenvalue weighted by molar-refractivity contribution is 0.0947. The molecule has 0 atom stereocenters. The van der Waals surface area contributed by atoms with Crippen LogP contribution in [-0.4, -0.2) is 50.1 Å². The number of benzene rings is 2. The maximum absolute atomic E-state index is 12.2. The van der Waals surface area contributed by atoms with Crippen LogP contribution in [0.4, 0.5) is 5.69 Å². The summed E-state index contributed by atoms with van der Waals surface area (Å²) in [6.07, 6.45) is 0. The van der Waals surface area contributed by atoms with E-state index in [-0.39, 0.29) is 5.91 Å². The van der Waals surface area contributed by atoms with Crippen LogP contribution >= 0.6 is 0 Å². The summed E-state index contributed by atoms with van der Waals surface area (Å²) < 4.78 is 0. The molecule has 0 unspecified atom stereocenters. The summed E-state index contributed by atoms with van der Waals surface area (Å²) in [5.41, 5.74) is 4.42. The third-order valence-corrected chi connectivity index (χ3v) is 4.98. The molecule has 3 rings (SSSR count). The van der Waals surface area contributed by atoms with Gasteiger partial charge >= 0.3 is 0 Å². The standard InChI is InChI=1S/C21H27N3O/c1-17-8-9-19(16-18(17)2)21(25)22-10-11-23-12-14-24(15-13-23)20-6-4-3-5-7-20/h3-9,16H,10-15H2,1-2H3,(H,22,25). The number of carbonyl (C=O) groups excluding carboxylic acids is 1. The number of aryl methyl sites for hydroxylation is 2. The fourth-order valence-electron chi connectivity index (χ4n) is 3.18. The van der Waals surface area contributed by atoms with Crippen molar-refractivity contribution >= 4 is 11.6 Å². The normalized spacial score (nSPS) is 15.2. The molecule has 0 bridgehead atoms. The molecule has 1 saturated heterocycles. The minimum Gasteiger partial charge on any atom is -0.369 e. The van der Waals surface area contributed by atoms with Gasteiger partial charge in [0, 0.05) is 50.5 Å². The van der Waals surface area contributed by atoms with Crippen LogP contribution in [0.2, 0.25) is 0 Å². The SMILES string of the molecule is Cc1ccc(C(=O)NCCN2CCN(c3ccccc3)CC2)cc1C. The van der Waals surface area contributed by atoms with Crippen LogP contribution in [0.5, 0.6) is 0 Å². The summed E-state index contributed by atoms with van der Waals surface area (Å²) in [5, 5.41) is 3.04. The Hall–Kier alpha value is -2.33. The van der Waals surface area contributed by atoms with Crippen molar-refractivity contribution in [2.45, 2.75) is 13.8 Å². The average Bonchev–Trinajstić information content (AvgIpc) is 2.65. The third-order valence-electron chi connectivity index (χ3n) is 4.98. The van der Waals surface area contributed by atoms with Gasteiger partial charge in [0.05, 0.1) is 0 Å². The molecule has 132 valence electrons. The second-order valence-corrected chi connectivity index (χ2v) is 6.72. The second kappa shape index (κ2) is 8.17. The van der Waals surface area contributed by atoms with Crippen LogP contribution in [0, 0.1) is 13.8 Å². The highest BCUT2D eigenvalue weighted by Crippen LogP contribution is 2.15. The third kappa shape index (κ3) is 4.60. The summed E-state index contributed by atoms with van der Waals surface area (Å²) in [7, 11) is 0. The Morgan fingerprint density at radius 1 is 0.960 bits per heavy atom. The average molecular weight is 337 g/mol. The first-order valence-electron chi connectivity index (χ1n) is 9.01. The van der Waals surface area contributed by atoms with Gasteiger partial charge in [0.25, 0.3) is 5.91 Å². The van der Waals surface area contributed by atoms with Gasteiger partial charge in [0.15, 0.2) is 0 Å². The van der Waals surface area contributed by atoms with E-state index in [0.717, 1.165) is 43.9 Å². The minimum absolute atomic E-state index is 0.0195. The molecule has 2 aromatic rings. The molecule has 0 spiro atoms. The Bertz CT molecular complexity index is 706.